The van der Waals surface area contributed by atoms with Crippen LogP contribution in [-0.2, 0) is 9.53 Å². The first-order chi connectivity index (χ1) is 7.09. The largest absolute Gasteiger partial charge is 0.479 e. The lowest BCUT2D eigenvalue weighted by atomic mass is 10.0. The monoisotopic (exact) mass is 216 g/mol. The average Bonchev–Trinajstić information content (AvgIpc) is 2.66. The molecule has 1 rings (SSSR count). The zero-order valence-electron chi connectivity index (χ0n) is 9.19. The second-order valence-corrected chi connectivity index (χ2v) is 4.35. The van der Waals surface area contributed by atoms with Crippen LogP contribution in [0.1, 0.15) is 39.0 Å². The first-order valence-corrected chi connectivity index (χ1v) is 5.62. The van der Waals surface area contributed by atoms with Gasteiger partial charge in [-0.15, -0.1) is 0 Å². The minimum Gasteiger partial charge on any atom is -0.479 e. The van der Waals surface area contributed by atoms with Gasteiger partial charge in [-0.05, 0) is 19.3 Å². The van der Waals surface area contributed by atoms with Crippen molar-refractivity contribution < 1.29 is 19.7 Å². The molecule has 0 bridgehead atoms. The third-order valence-corrected chi connectivity index (χ3v) is 2.97. The fourth-order valence-electron chi connectivity index (χ4n) is 2.03. The van der Waals surface area contributed by atoms with Gasteiger partial charge < -0.3 is 14.9 Å². The minimum absolute atomic E-state index is 0.129. The van der Waals surface area contributed by atoms with E-state index in [9.17, 15) is 9.90 Å². The highest BCUT2D eigenvalue weighted by Gasteiger charge is 2.20. The third kappa shape index (κ3) is 4.62. The summed E-state index contributed by atoms with van der Waals surface area (Å²) in [6.07, 6.45) is 4.27. The number of aliphatic hydroxyl groups is 1. The van der Waals surface area contributed by atoms with Crippen molar-refractivity contribution in [1.82, 2.24) is 0 Å². The van der Waals surface area contributed by atoms with Gasteiger partial charge in [-0.3, -0.25) is 0 Å². The van der Waals surface area contributed by atoms with Crippen LogP contribution in [0, 0.1) is 5.92 Å². The van der Waals surface area contributed by atoms with Gasteiger partial charge in [-0.25, -0.2) is 4.79 Å². The molecular formula is C11H20O4. The van der Waals surface area contributed by atoms with Gasteiger partial charge in [0.05, 0.1) is 12.7 Å². The van der Waals surface area contributed by atoms with Crippen LogP contribution in [0.15, 0.2) is 0 Å². The molecular weight excluding hydrogens is 196 g/mol. The SMILES string of the molecule is CC(OCC(O)CC1CCCC1)C(=O)O. The molecule has 0 spiro atoms. The number of carboxylic acid groups (broad SMARTS) is 1. The van der Waals surface area contributed by atoms with Crippen molar-refractivity contribution in [2.75, 3.05) is 6.61 Å². The maximum atomic E-state index is 10.4. The van der Waals surface area contributed by atoms with E-state index in [0.29, 0.717) is 5.92 Å². The Morgan fingerprint density at radius 3 is 2.60 bits per heavy atom. The van der Waals surface area contributed by atoms with E-state index in [1.54, 1.807) is 0 Å². The molecule has 4 heteroatoms. The number of aliphatic carboxylic acids is 1. The van der Waals surface area contributed by atoms with E-state index < -0.39 is 18.2 Å². The minimum atomic E-state index is -0.983. The molecule has 1 aliphatic carbocycles. The lowest BCUT2D eigenvalue weighted by molar-refractivity contribution is -0.151. The normalized spacial score (nSPS) is 21.5. The third-order valence-electron chi connectivity index (χ3n) is 2.97. The van der Waals surface area contributed by atoms with E-state index in [1.807, 2.05) is 0 Å². The summed E-state index contributed by atoms with van der Waals surface area (Å²) in [7, 11) is 0. The number of hydrogen-bond acceptors (Lipinski definition) is 3. The van der Waals surface area contributed by atoms with E-state index in [0.717, 1.165) is 6.42 Å². The summed E-state index contributed by atoms with van der Waals surface area (Å²) in [6, 6.07) is 0. The maximum absolute atomic E-state index is 10.4. The molecule has 88 valence electrons. The van der Waals surface area contributed by atoms with Gasteiger partial charge in [0, 0.05) is 0 Å². The Morgan fingerprint density at radius 1 is 1.47 bits per heavy atom. The zero-order valence-corrected chi connectivity index (χ0v) is 9.19. The van der Waals surface area contributed by atoms with E-state index >= 15 is 0 Å². The van der Waals surface area contributed by atoms with E-state index in [1.165, 1.54) is 32.6 Å². The van der Waals surface area contributed by atoms with Crippen LogP contribution >= 0.6 is 0 Å². The number of carbonyl (C=O) groups is 1. The smallest absolute Gasteiger partial charge is 0.332 e. The summed E-state index contributed by atoms with van der Waals surface area (Å²) in [4.78, 5) is 10.4. The number of carboxylic acids is 1. The molecule has 2 N–H and O–H groups in total. The molecule has 0 saturated heterocycles. The molecule has 1 saturated carbocycles. The molecule has 2 atom stereocenters. The molecule has 1 fully saturated rings. The van der Waals surface area contributed by atoms with Crippen LogP contribution in [0.2, 0.25) is 0 Å². The maximum Gasteiger partial charge on any atom is 0.332 e. The molecule has 4 nitrogen and oxygen atoms in total. The summed E-state index contributed by atoms with van der Waals surface area (Å²) < 4.78 is 5.03. The molecule has 0 aromatic rings. The van der Waals surface area contributed by atoms with Gasteiger partial charge in [-0.1, -0.05) is 25.7 Å². The van der Waals surface area contributed by atoms with Crippen molar-refractivity contribution in [3.05, 3.63) is 0 Å². The molecule has 0 aliphatic heterocycles. The Labute approximate surface area is 90.2 Å². The molecule has 0 radical (unpaired) electrons. The van der Waals surface area contributed by atoms with Gasteiger partial charge in [0.25, 0.3) is 0 Å². The summed E-state index contributed by atoms with van der Waals surface area (Å²) in [5.74, 6) is -0.383. The molecule has 0 amide bonds. The second kappa shape index (κ2) is 6.08. The fourth-order valence-corrected chi connectivity index (χ4v) is 2.03. The van der Waals surface area contributed by atoms with Crippen LogP contribution in [0.4, 0.5) is 0 Å². The summed E-state index contributed by atoms with van der Waals surface area (Å²) in [5, 5.41) is 18.2. The number of hydrogen-bond donors (Lipinski definition) is 2. The fraction of sp³-hybridized carbons (Fsp3) is 0.909. The van der Waals surface area contributed by atoms with Gasteiger partial charge >= 0.3 is 5.97 Å². The van der Waals surface area contributed by atoms with Crippen molar-refractivity contribution in [1.29, 1.82) is 0 Å². The van der Waals surface area contributed by atoms with Crippen LogP contribution in [0.25, 0.3) is 0 Å². The Balaban J connectivity index is 2.12. The Morgan fingerprint density at radius 2 is 2.07 bits per heavy atom. The van der Waals surface area contributed by atoms with E-state index in [-0.39, 0.29) is 6.61 Å². The summed E-state index contributed by atoms with van der Waals surface area (Å²) in [5.41, 5.74) is 0. The van der Waals surface area contributed by atoms with Crippen molar-refractivity contribution in [2.45, 2.75) is 51.2 Å². The zero-order chi connectivity index (χ0) is 11.3. The predicted octanol–water partition coefficient (Wildman–Crippen LogP) is 1.42. The van der Waals surface area contributed by atoms with Crippen LogP contribution < -0.4 is 0 Å². The molecule has 1 aliphatic rings. The molecule has 0 heterocycles. The predicted molar refractivity (Wildman–Crippen MR) is 55.6 cm³/mol. The molecule has 0 aromatic carbocycles. The number of ether oxygens (including phenoxy) is 1. The molecule has 2 unspecified atom stereocenters. The topological polar surface area (TPSA) is 66.8 Å². The molecule has 0 aromatic heterocycles. The van der Waals surface area contributed by atoms with Crippen LogP contribution in [0.3, 0.4) is 0 Å². The van der Waals surface area contributed by atoms with Crippen molar-refractivity contribution in [2.24, 2.45) is 5.92 Å². The highest BCUT2D eigenvalue weighted by molar-refractivity contribution is 5.71. The first-order valence-electron chi connectivity index (χ1n) is 5.62. The Hall–Kier alpha value is -0.610. The Bertz CT molecular complexity index is 199. The van der Waals surface area contributed by atoms with Gasteiger partial charge in [-0.2, -0.15) is 0 Å². The van der Waals surface area contributed by atoms with Crippen LogP contribution in [0.5, 0.6) is 0 Å². The summed E-state index contributed by atoms with van der Waals surface area (Å²) in [6.45, 7) is 1.61. The second-order valence-electron chi connectivity index (χ2n) is 4.35. The van der Waals surface area contributed by atoms with Crippen LogP contribution in [-0.4, -0.2) is 35.0 Å². The average molecular weight is 216 g/mol. The van der Waals surface area contributed by atoms with E-state index in [4.69, 9.17) is 9.84 Å². The quantitative estimate of drug-likeness (QED) is 0.704. The lowest BCUT2D eigenvalue weighted by Gasteiger charge is -2.16. The lowest BCUT2D eigenvalue weighted by Crippen LogP contribution is -2.26. The molecule has 15 heavy (non-hydrogen) atoms. The Kier molecular flexibility index (Phi) is 5.05. The van der Waals surface area contributed by atoms with E-state index in [2.05, 4.69) is 0 Å². The first kappa shape index (κ1) is 12.5. The highest BCUT2D eigenvalue weighted by Crippen LogP contribution is 2.28. The highest BCUT2D eigenvalue weighted by atomic mass is 16.5. The van der Waals surface area contributed by atoms with Gasteiger partial charge in [0.15, 0.2) is 6.10 Å². The summed E-state index contributed by atoms with van der Waals surface area (Å²) >= 11 is 0. The standard InChI is InChI=1S/C11H20O4/c1-8(11(13)14)15-7-10(12)6-9-4-2-3-5-9/h8-10,12H,2-7H2,1H3,(H,13,14). The van der Waals surface area contributed by atoms with Crippen molar-refractivity contribution in [3.63, 3.8) is 0 Å². The number of rotatable bonds is 6. The van der Waals surface area contributed by atoms with Crippen molar-refractivity contribution in [3.8, 4) is 0 Å². The van der Waals surface area contributed by atoms with Crippen molar-refractivity contribution >= 4 is 5.97 Å². The van der Waals surface area contributed by atoms with Gasteiger partial charge in [0.1, 0.15) is 0 Å². The number of aliphatic hydroxyl groups excluding tert-OH is 1. The van der Waals surface area contributed by atoms with Gasteiger partial charge in [0.2, 0.25) is 0 Å².